The van der Waals surface area contributed by atoms with Gasteiger partial charge >= 0.3 is 0 Å². The third-order valence-corrected chi connectivity index (χ3v) is 3.71. The average Bonchev–Trinajstić information content (AvgIpc) is 3.01. The van der Waals surface area contributed by atoms with E-state index >= 15 is 0 Å². The summed E-state index contributed by atoms with van der Waals surface area (Å²) < 4.78 is 5.74. The summed E-state index contributed by atoms with van der Waals surface area (Å²) >= 11 is 0. The van der Waals surface area contributed by atoms with Gasteiger partial charge in [-0.3, -0.25) is 5.43 Å². The van der Waals surface area contributed by atoms with Gasteiger partial charge in [-0.2, -0.15) is 5.10 Å². The summed E-state index contributed by atoms with van der Waals surface area (Å²) in [6, 6.07) is 10.2. The number of hydrogen-bond donors (Lipinski definition) is 2. The van der Waals surface area contributed by atoms with Crippen LogP contribution in [-0.4, -0.2) is 19.1 Å². The van der Waals surface area contributed by atoms with Crippen LogP contribution in [0, 0.1) is 5.92 Å². The molecule has 1 unspecified atom stereocenters. The van der Waals surface area contributed by atoms with Crippen LogP contribution in [0.3, 0.4) is 0 Å². The van der Waals surface area contributed by atoms with Crippen molar-refractivity contribution in [2.45, 2.75) is 45.4 Å². The highest BCUT2D eigenvalue weighted by molar-refractivity contribution is 5.84. The minimum Gasteiger partial charge on any atom is -0.375 e. The first-order valence-corrected chi connectivity index (χ1v) is 7.46. The molecule has 0 heterocycles. The molecule has 1 atom stereocenters. The number of benzene rings is 1. The first kappa shape index (κ1) is 14.9. The number of ether oxygens (including phenoxy) is 1. The molecule has 0 spiro atoms. The van der Waals surface area contributed by atoms with Crippen LogP contribution < -0.4 is 10.7 Å². The van der Waals surface area contributed by atoms with Crippen LogP contribution >= 0.6 is 0 Å². The molecule has 0 aliphatic heterocycles. The Hall–Kier alpha value is -1.55. The number of hydrazone groups is 1. The second-order valence-electron chi connectivity index (χ2n) is 5.30. The van der Waals surface area contributed by atoms with Crippen molar-refractivity contribution in [2.24, 2.45) is 11.0 Å². The van der Waals surface area contributed by atoms with Crippen LogP contribution in [0.1, 0.15) is 38.2 Å². The lowest BCUT2D eigenvalue weighted by Crippen LogP contribution is -2.32. The molecule has 2 rings (SSSR count). The van der Waals surface area contributed by atoms with Crippen molar-refractivity contribution in [3.63, 3.8) is 0 Å². The number of rotatable bonds is 6. The van der Waals surface area contributed by atoms with Crippen LogP contribution in [0.25, 0.3) is 0 Å². The van der Waals surface area contributed by atoms with Gasteiger partial charge in [0.25, 0.3) is 0 Å². The summed E-state index contributed by atoms with van der Waals surface area (Å²) in [5.41, 5.74) is 4.26. The van der Waals surface area contributed by atoms with Gasteiger partial charge < -0.3 is 10.1 Å². The molecule has 1 aromatic rings. The number of amidine groups is 1. The molecule has 1 saturated carbocycles. The number of nitrogens with one attached hydrogen (secondary N) is 2. The maximum Gasteiger partial charge on any atom is 0.140 e. The van der Waals surface area contributed by atoms with Crippen LogP contribution in [0.2, 0.25) is 0 Å². The van der Waals surface area contributed by atoms with Gasteiger partial charge in [0.05, 0.1) is 6.61 Å². The van der Waals surface area contributed by atoms with Crippen molar-refractivity contribution >= 4 is 5.84 Å². The van der Waals surface area contributed by atoms with Gasteiger partial charge in [-0.15, -0.1) is 0 Å². The Kier molecular flexibility index (Phi) is 5.87. The molecule has 1 aromatic carbocycles. The van der Waals surface area contributed by atoms with E-state index in [2.05, 4.69) is 28.0 Å². The van der Waals surface area contributed by atoms with E-state index < -0.39 is 0 Å². The molecule has 0 radical (unpaired) electrons. The first-order valence-electron chi connectivity index (χ1n) is 7.46. The summed E-state index contributed by atoms with van der Waals surface area (Å²) in [5.74, 6) is 1.63. The summed E-state index contributed by atoms with van der Waals surface area (Å²) in [6.45, 7) is 2.58. The molecule has 110 valence electrons. The maximum atomic E-state index is 5.74. The van der Waals surface area contributed by atoms with Crippen molar-refractivity contribution in [3.05, 3.63) is 35.9 Å². The van der Waals surface area contributed by atoms with E-state index in [1.54, 1.807) is 0 Å². The SMILES string of the molecule is CN/C(=N\NC(C)OCc1ccccc1)C1CCCC1. The van der Waals surface area contributed by atoms with Gasteiger partial charge in [-0.25, -0.2) is 0 Å². The van der Waals surface area contributed by atoms with Crippen molar-refractivity contribution in [1.29, 1.82) is 0 Å². The molecule has 0 aromatic heterocycles. The van der Waals surface area contributed by atoms with Gasteiger partial charge in [0.15, 0.2) is 0 Å². The van der Waals surface area contributed by atoms with Gasteiger partial charge in [0.1, 0.15) is 12.1 Å². The summed E-state index contributed by atoms with van der Waals surface area (Å²) in [5, 5.41) is 7.67. The zero-order chi connectivity index (χ0) is 14.2. The van der Waals surface area contributed by atoms with E-state index in [4.69, 9.17) is 4.74 Å². The van der Waals surface area contributed by atoms with Crippen molar-refractivity contribution < 1.29 is 4.74 Å². The minimum atomic E-state index is -0.0973. The van der Waals surface area contributed by atoms with Crippen LogP contribution in [0.4, 0.5) is 0 Å². The second kappa shape index (κ2) is 7.90. The zero-order valence-corrected chi connectivity index (χ0v) is 12.4. The third kappa shape index (κ3) is 4.53. The monoisotopic (exact) mass is 275 g/mol. The molecular formula is C16H25N3O. The Morgan fingerprint density at radius 3 is 2.65 bits per heavy atom. The number of nitrogens with zero attached hydrogens (tertiary/aromatic N) is 1. The third-order valence-electron chi connectivity index (χ3n) is 3.71. The van der Waals surface area contributed by atoms with Gasteiger partial charge in [0, 0.05) is 13.0 Å². The highest BCUT2D eigenvalue weighted by Crippen LogP contribution is 2.25. The largest absolute Gasteiger partial charge is 0.375 e. The lowest BCUT2D eigenvalue weighted by Gasteiger charge is -2.16. The predicted octanol–water partition coefficient (Wildman–Crippen LogP) is 2.86. The van der Waals surface area contributed by atoms with Crippen molar-refractivity contribution in [1.82, 2.24) is 10.7 Å². The van der Waals surface area contributed by atoms with Gasteiger partial charge in [-0.1, -0.05) is 43.2 Å². The molecule has 0 amide bonds. The molecular weight excluding hydrogens is 250 g/mol. The summed E-state index contributed by atoms with van der Waals surface area (Å²) in [7, 11) is 1.94. The van der Waals surface area contributed by atoms with Crippen LogP contribution in [0.15, 0.2) is 35.4 Å². The van der Waals surface area contributed by atoms with E-state index in [9.17, 15) is 0 Å². The summed E-state index contributed by atoms with van der Waals surface area (Å²) in [6.07, 6.45) is 5.00. The minimum absolute atomic E-state index is 0.0973. The van der Waals surface area contributed by atoms with E-state index in [1.165, 1.54) is 31.2 Å². The fourth-order valence-electron chi connectivity index (χ4n) is 2.54. The van der Waals surface area contributed by atoms with E-state index in [1.807, 2.05) is 32.2 Å². The molecule has 1 aliphatic carbocycles. The highest BCUT2D eigenvalue weighted by atomic mass is 16.5. The Balaban J connectivity index is 1.76. The van der Waals surface area contributed by atoms with Gasteiger partial charge in [-0.05, 0) is 25.3 Å². The molecule has 4 nitrogen and oxygen atoms in total. The quantitative estimate of drug-likeness (QED) is 0.363. The Labute approximate surface area is 121 Å². The fraction of sp³-hybridized carbons (Fsp3) is 0.562. The Morgan fingerprint density at radius 1 is 1.30 bits per heavy atom. The lowest BCUT2D eigenvalue weighted by molar-refractivity contribution is 0.0310. The molecule has 4 heteroatoms. The number of hydrogen-bond acceptors (Lipinski definition) is 3. The lowest BCUT2D eigenvalue weighted by atomic mass is 10.1. The highest BCUT2D eigenvalue weighted by Gasteiger charge is 2.20. The Bertz CT molecular complexity index is 413. The molecule has 1 aliphatic rings. The fourth-order valence-corrected chi connectivity index (χ4v) is 2.54. The molecule has 20 heavy (non-hydrogen) atoms. The standard InChI is InChI=1S/C16H25N3O/c1-13(20-12-14-8-4-3-5-9-14)18-19-16(17-2)15-10-6-7-11-15/h3-5,8-9,13,15,18H,6-7,10-12H2,1-2H3,(H,17,19). The van der Waals surface area contributed by atoms with E-state index in [-0.39, 0.29) is 6.23 Å². The normalized spacial score (nSPS) is 18.0. The van der Waals surface area contributed by atoms with Crippen LogP contribution in [-0.2, 0) is 11.3 Å². The summed E-state index contributed by atoms with van der Waals surface area (Å²) in [4.78, 5) is 0. The first-order chi connectivity index (χ1) is 9.79. The Morgan fingerprint density at radius 2 is 2.00 bits per heavy atom. The van der Waals surface area contributed by atoms with Crippen molar-refractivity contribution in [3.8, 4) is 0 Å². The molecule has 0 saturated heterocycles. The van der Waals surface area contributed by atoms with E-state index in [0.717, 1.165) is 5.84 Å². The van der Waals surface area contributed by atoms with Crippen molar-refractivity contribution in [2.75, 3.05) is 7.05 Å². The van der Waals surface area contributed by atoms with Gasteiger partial charge in [0.2, 0.25) is 0 Å². The zero-order valence-electron chi connectivity index (χ0n) is 12.4. The van der Waals surface area contributed by atoms with Crippen LogP contribution in [0.5, 0.6) is 0 Å². The second-order valence-corrected chi connectivity index (χ2v) is 5.30. The maximum absolute atomic E-state index is 5.74. The molecule has 1 fully saturated rings. The molecule has 2 N–H and O–H groups in total. The predicted molar refractivity (Wildman–Crippen MR) is 82.3 cm³/mol. The molecule has 0 bridgehead atoms. The topological polar surface area (TPSA) is 45.7 Å². The smallest absolute Gasteiger partial charge is 0.140 e. The average molecular weight is 275 g/mol. The van der Waals surface area contributed by atoms with E-state index in [0.29, 0.717) is 12.5 Å².